The SMILES string of the molecule is CCC[C@H](C)c1nc(N2CCCN(C(=O)COc3ccccc3)CC2)c2cnn(-c3ccccc3)c2n1. The highest BCUT2D eigenvalue weighted by Crippen LogP contribution is 2.29. The summed E-state index contributed by atoms with van der Waals surface area (Å²) in [7, 11) is 0. The number of carbonyl (C=O) groups excluding carboxylic acids is 1. The number of ether oxygens (including phenoxy) is 1. The van der Waals surface area contributed by atoms with Gasteiger partial charge in [-0.05, 0) is 37.1 Å². The zero-order valence-corrected chi connectivity index (χ0v) is 21.6. The molecule has 3 heterocycles. The van der Waals surface area contributed by atoms with Gasteiger partial charge in [-0.1, -0.05) is 56.7 Å². The lowest BCUT2D eigenvalue weighted by atomic mass is 10.1. The van der Waals surface area contributed by atoms with E-state index in [4.69, 9.17) is 19.8 Å². The molecule has 2 aromatic heterocycles. The van der Waals surface area contributed by atoms with Gasteiger partial charge in [0.05, 0.1) is 17.3 Å². The Morgan fingerprint density at radius 3 is 2.49 bits per heavy atom. The van der Waals surface area contributed by atoms with E-state index in [1.807, 2.05) is 76.4 Å². The van der Waals surface area contributed by atoms with Crippen LogP contribution in [0, 0.1) is 0 Å². The van der Waals surface area contributed by atoms with Crippen LogP contribution < -0.4 is 9.64 Å². The maximum atomic E-state index is 12.9. The molecule has 0 aliphatic carbocycles. The first-order valence-corrected chi connectivity index (χ1v) is 13.2. The van der Waals surface area contributed by atoms with Crippen LogP contribution in [0.25, 0.3) is 16.7 Å². The minimum atomic E-state index is 0.00712. The molecule has 1 aliphatic heterocycles. The van der Waals surface area contributed by atoms with Gasteiger partial charge in [-0.3, -0.25) is 4.79 Å². The van der Waals surface area contributed by atoms with Crippen LogP contribution in [0.5, 0.6) is 5.75 Å². The van der Waals surface area contributed by atoms with Crippen LogP contribution in [0.3, 0.4) is 0 Å². The Labute approximate surface area is 217 Å². The molecule has 1 amide bonds. The van der Waals surface area contributed by atoms with Crippen LogP contribution >= 0.6 is 0 Å². The van der Waals surface area contributed by atoms with E-state index in [0.717, 1.165) is 54.2 Å². The molecule has 192 valence electrons. The predicted molar refractivity (Wildman–Crippen MR) is 145 cm³/mol. The van der Waals surface area contributed by atoms with Crippen LogP contribution in [0.1, 0.15) is 44.9 Å². The van der Waals surface area contributed by atoms with E-state index in [2.05, 4.69) is 18.7 Å². The number of anilines is 1. The second-order valence-corrected chi connectivity index (χ2v) is 9.55. The number of hydrogen-bond donors (Lipinski definition) is 0. The van der Waals surface area contributed by atoms with Crippen molar-refractivity contribution in [3.8, 4) is 11.4 Å². The van der Waals surface area contributed by atoms with Crippen molar-refractivity contribution in [2.45, 2.75) is 39.0 Å². The molecule has 1 saturated heterocycles. The number of aromatic nitrogens is 4. The number of hydrogen-bond acceptors (Lipinski definition) is 6. The molecule has 8 nitrogen and oxygen atoms in total. The molecule has 1 fully saturated rings. The molecule has 1 aliphatic rings. The van der Waals surface area contributed by atoms with Crippen LogP contribution in [0.4, 0.5) is 5.82 Å². The number of para-hydroxylation sites is 2. The number of amides is 1. The van der Waals surface area contributed by atoms with Crippen molar-refractivity contribution in [2.24, 2.45) is 0 Å². The zero-order valence-electron chi connectivity index (χ0n) is 21.6. The topological polar surface area (TPSA) is 76.4 Å². The Hall–Kier alpha value is -3.94. The summed E-state index contributed by atoms with van der Waals surface area (Å²) >= 11 is 0. The van der Waals surface area contributed by atoms with Gasteiger partial charge in [0.15, 0.2) is 12.3 Å². The third-order valence-electron chi connectivity index (χ3n) is 6.84. The summed E-state index contributed by atoms with van der Waals surface area (Å²) in [6.07, 6.45) is 4.82. The van der Waals surface area contributed by atoms with Crippen LogP contribution in [-0.2, 0) is 4.79 Å². The van der Waals surface area contributed by atoms with Crippen LogP contribution in [0.15, 0.2) is 66.9 Å². The minimum absolute atomic E-state index is 0.00712. The summed E-state index contributed by atoms with van der Waals surface area (Å²) in [6, 6.07) is 19.6. The number of nitrogens with zero attached hydrogens (tertiary/aromatic N) is 6. The molecule has 2 aromatic carbocycles. The standard InChI is InChI=1S/C29H34N6O2/c1-3-11-22(2)27-31-28(25-20-30-35(29(25)32-27)23-12-6-4-7-13-23)34-17-10-16-33(18-19-34)26(36)21-37-24-14-8-5-9-15-24/h4-9,12-15,20,22H,3,10-11,16-19,21H2,1-2H3/t22-/m0/s1. The monoisotopic (exact) mass is 498 g/mol. The van der Waals surface area contributed by atoms with Gasteiger partial charge in [0.1, 0.15) is 17.4 Å². The largest absolute Gasteiger partial charge is 0.484 e. The van der Waals surface area contributed by atoms with Gasteiger partial charge in [0, 0.05) is 32.1 Å². The van der Waals surface area contributed by atoms with Crippen molar-refractivity contribution in [3.63, 3.8) is 0 Å². The van der Waals surface area contributed by atoms with Crippen molar-refractivity contribution in [1.29, 1.82) is 0 Å². The Bertz CT molecular complexity index is 1320. The maximum Gasteiger partial charge on any atom is 0.260 e. The summed E-state index contributed by atoms with van der Waals surface area (Å²) in [5.41, 5.74) is 1.80. The molecule has 1 atom stereocenters. The molecule has 8 heteroatoms. The Kier molecular flexibility index (Phi) is 7.63. The van der Waals surface area contributed by atoms with Gasteiger partial charge in [0.2, 0.25) is 0 Å². The predicted octanol–water partition coefficient (Wildman–Crippen LogP) is 4.84. The van der Waals surface area contributed by atoms with E-state index in [1.165, 1.54) is 0 Å². The van der Waals surface area contributed by atoms with E-state index >= 15 is 0 Å². The smallest absolute Gasteiger partial charge is 0.260 e. The quantitative estimate of drug-likeness (QED) is 0.346. The van der Waals surface area contributed by atoms with Gasteiger partial charge in [-0.25, -0.2) is 14.6 Å². The Balaban J connectivity index is 1.39. The summed E-state index contributed by atoms with van der Waals surface area (Å²) in [4.78, 5) is 27.1. The van der Waals surface area contributed by atoms with E-state index in [1.54, 1.807) is 0 Å². The first-order chi connectivity index (χ1) is 18.1. The number of rotatable bonds is 8. The zero-order chi connectivity index (χ0) is 25.6. The second-order valence-electron chi connectivity index (χ2n) is 9.55. The van der Waals surface area contributed by atoms with Gasteiger partial charge in [0.25, 0.3) is 5.91 Å². The molecule has 0 bridgehead atoms. The van der Waals surface area contributed by atoms with Crippen molar-refractivity contribution < 1.29 is 9.53 Å². The van der Waals surface area contributed by atoms with E-state index in [-0.39, 0.29) is 18.4 Å². The highest BCUT2D eigenvalue weighted by molar-refractivity contribution is 5.88. The van der Waals surface area contributed by atoms with Crippen molar-refractivity contribution in [3.05, 3.63) is 72.7 Å². The first kappa shape index (κ1) is 24.7. The van der Waals surface area contributed by atoms with E-state index < -0.39 is 0 Å². The van der Waals surface area contributed by atoms with Gasteiger partial charge in [-0.2, -0.15) is 5.10 Å². The third-order valence-corrected chi connectivity index (χ3v) is 6.84. The van der Waals surface area contributed by atoms with Crippen molar-refractivity contribution in [1.82, 2.24) is 24.6 Å². The fourth-order valence-electron chi connectivity index (χ4n) is 4.82. The summed E-state index contributed by atoms with van der Waals surface area (Å²) in [5.74, 6) is 2.70. The molecule has 0 saturated carbocycles. The Morgan fingerprint density at radius 2 is 1.73 bits per heavy atom. The highest BCUT2D eigenvalue weighted by atomic mass is 16.5. The molecule has 37 heavy (non-hydrogen) atoms. The van der Waals surface area contributed by atoms with Crippen molar-refractivity contribution >= 4 is 22.8 Å². The molecule has 0 spiro atoms. The molecular weight excluding hydrogens is 464 g/mol. The summed E-state index contributed by atoms with van der Waals surface area (Å²) in [6.45, 7) is 7.25. The first-order valence-electron chi connectivity index (χ1n) is 13.2. The van der Waals surface area contributed by atoms with E-state index in [0.29, 0.717) is 25.4 Å². The lowest BCUT2D eigenvalue weighted by Crippen LogP contribution is -2.38. The molecule has 4 aromatic rings. The number of carbonyl (C=O) groups is 1. The molecule has 0 unspecified atom stereocenters. The molecule has 0 radical (unpaired) electrons. The van der Waals surface area contributed by atoms with Crippen LogP contribution in [0.2, 0.25) is 0 Å². The average molecular weight is 499 g/mol. The Morgan fingerprint density at radius 1 is 0.973 bits per heavy atom. The van der Waals surface area contributed by atoms with E-state index in [9.17, 15) is 4.79 Å². The second kappa shape index (κ2) is 11.4. The fraction of sp³-hybridized carbons (Fsp3) is 0.379. The highest BCUT2D eigenvalue weighted by Gasteiger charge is 2.24. The number of benzene rings is 2. The normalized spacial score (nSPS) is 15.0. The summed E-state index contributed by atoms with van der Waals surface area (Å²) in [5, 5.41) is 5.63. The minimum Gasteiger partial charge on any atom is -0.484 e. The molecular formula is C29H34N6O2. The molecule has 5 rings (SSSR count). The van der Waals surface area contributed by atoms with Gasteiger partial charge < -0.3 is 14.5 Å². The lowest BCUT2D eigenvalue weighted by Gasteiger charge is -2.24. The van der Waals surface area contributed by atoms with Gasteiger partial charge >= 0.3 is 0 Å². The maximum absolute atomic E-state index is 12.9. The number of fused-ring (bicyclic) bond motifs is 1. The fourth-order valence-corrected chi connectivity index (χ4v) is 4.82. The van der Waals surface area contributed by atoms with Crippen molar-refractivity contribution in [2.75, 3.05) is 37.7 Å². The van der Waals surface area contributed by atoms with Crippen LogP contribution in [-0.4, -0.2) is 63.3 Å². The average Bonchev–Trinajstić information content (AvgIpc) is 3.21. The molecule has 0 N–H and O–H groups in total. The van der Waals surface area contributed by atoms with Gasteiger partial charge in [-0.15, -0.1) is 0 Å². The third kappa shape index (κ3) is 5.58. The lowest BCUT2D eigenvalue weighted by molar-refractivity contribution is -0.133. The summed E-state index contributed by atoms with van der Waals surface area (Å²) < 4.78 is 7.60.